The predicted molar refractivity (Wildman–Crippen MR) is 103 cm³/mol. The number of rotatable bonds is 5. The van der Waals surface area contributed by atoms with Gasteiger partial charge in [0, 0.05) is 25.3 Å². The lowest BCUT2D eigenvalue weighted by molar-refractivity contribution is -0.129. The lowest BCUT2D eigenvalue weighted by Gasteiger charge is -2.24. The van der Waals surface area contributed by atoms with Crippen LogP contribution in [0.3, 0.4) is 0 Å². The van der Waals surface area contributed by atoms with Gasteiger partial charge >= 0.3 is 0 Å². The summed E-state index contributed by atoms with van der Waals surface area (Å²) < 4.78 is 0. The molecule has 1 aromatic heterocycles. The molecule has 1 fully saturated rings. The molecule has 6 heteroatoms. The molecular formula is C20H27N5O. The molecule has 0 radical (unpaired) electrons. The Morgan fingerprint density at radius 1 is 1.35 bits per heavy atom. The monoisotopic (exact) mass is 353 g/mol. The number of likely N-dealkylation sites (N-methyl/N-ethyl adjacent to an activating group) is 1. The van der Waals surface area contributed by atoms with Crippen LogP contribution in [0, 0.1) is 13.8 Å². The first kappa shape index (κ1) is 18.3. The minimum atomic E-state index is 0.204. The highest BCUT2D eigenvalue weighted by molar-refractivity contribution is 5.79. The van der Waals surface area contributed by atoms with E-state index in [9.17, 15) is 4.79 Å². The van der Waals surface area contributed by atoms with Crippen molar-refractivity contribution in [3.8, 4) is 0 Å². The fraction of sp³-hybridized carbons (Fsp3) is 0.450. The van der Waals surface area contributed by atoms with Crippen molar-refractivity contribution in [2.24, 2.45) is 0 Å². The largest absolute Gasteiger partial charge is 0.384 e. The topological polar surface area (TPSA) is 75.4 Å². The van der Waals surface area contributed by atoms with Crippen LogP contribution in [-0.4, -0.2) is 51.9 Å². The Hall–Kier alpha value is -2.47. The molecule has 6 nitrogen and oxygen atoms in total. The van der Waals surface area contributed by atoms with E-state index >= 15 is 0 Å². The standard InChI is InChI=1S/C20H27N5O/c1-14-4-5-15(2)16(10-14)11-20(26)25-9-7-17(12-25)24(3)13-19-22-8-6-18(21)23-19/h4-6,8,10,17H,7,9,11-13H2,1-3H3,(H2,21,22,23)/t17-/m1/s1. The molecule has 138 valence electrons. The van der Waals surface area contributed by atoms with E-state index < -0.39 is 0 Å². The number of anilines is 1. The van der Waals surface area contributed by atoms with Gasteiger partial charge in [0.05, 0.1) is 13.0 Å². The Balaban J connectivity index is 1.57. The van der Waals surface area contributed by atoms with Crippen LogP contribution in [0.2, 0.25) is 0 Å². The zero-order chi connectivity index (χ0) is 18.7. The van der Waals surface area contributed by atoms with Crippen LogP contribution in [0.25, 0.3) is 0 Å². The number of nitrogens with zero attached hydrogens (tertiary/aromatic N) is 4. The van der Waals surface area contributed by atoms with E-state index in [4.69, 9.17) is 5.73 Å². The number of benzene rings is 1. The zero-order valence-electron chi connectivity index (χ0n) is 15.8. The predicted octanol–water partition coefficient (Wildman–Crippen LogP) is 1.95. The highest BCUT2D eigenvalue weighted by Crippen LogP contribution is 2.19. The van der Waals surface area contributed by atoms with Crippen LogP contribution in [0.5, 0.6) is 0 Å². The minimum Gasteiger partial charge on any atom is -0.384 e. The molecule has 2 N–H and O–H groups in total. The Morgan fingerprint density at radius 3 is 2.92 bits per heavy atom. The molecule has 1 aromatic carbocycles. The van der Waals surface area contributed by atoms with E-state index in [0.717, 1.165) is 25.1 Å². The lowest BCUT2D eigenvalue weighted by atomic mass is 10.0. The SMILES string of the molecule is Cc1ccc(C)c(CC(=O)N2CC[C@@H](N(C)Cc3nccc(N)n3)C2)c1. The van der Waals surface area contributed by atoms with Gasteiger partial charge in [-0.05, 0) is 44.5 Å². The zero-order valence-corrected chi connectivity index (χ0v) is 15.8. The second kappa shape index (κ2) is 7.83. The summed E-state index contributed by atoms with van der Waals surface area (Å²) in [5.41, 5.74) is 9.22. The van der Waals surface area contributed by atoms with Crippen molar-refractivity contribution in [2.45, 2.75) is 39.3 Å². The number of aryl methyl sites for hydroxylation is 2. The van der Waals surface area contributed by atoms with Crippen molar-refractivity contribution in [2.75, 3.05) is 25.9 Å². The highest BCUT2D eigenvalue weighted by Gasteiger charge is 2.29. The smallest absolute Gasteiger partial charge is 0.227 e. The van der Waals surface area contributed by atoms with Crippen molar-refractivity contribution in [1.29, 1.82) is 0 Å². The molecule has 0 spiro atoms. The van der Waals surface area contributed by atoms with Gasteiger partial charge in [0.15, 0.2) is 0 Å². The summed E-state index contributed by atoms with van der Waals surface area (Å²) >= 11 is 0. The van der Waals surface area contributed by atoms with Crippen molar-refractivity contribution in [3.05, 3.63) is 53.0 Å². The van der Waals surface area contributed by atoms with Gasteiger partial charge in [0.1, 0.15) is 11.6 Å². The van der Waals surface area contributed by atoms with Crippen molar-refractivity contribution in [3.63, 3.8) is 0 Å². The van der Waals surface area contributed by atoms with Gasteiger partial charge in [-0.2, -0.15) is 0 Å². The molecule has 1 amide bonds. The molecular weight excluding hydrogens is 326 g/mol. The summed E-state index contributed by atoms with van der Waals surface area (Å²) in [7, 11) is 2.05. The van der Waals surface area contributed by atoms with E-state index in [1.165, 1.54) is 11.1 Å². The molecule has 1 atom stereocenters. The van der Waals surface area contributed by atoms with Crippen LogP contribution >= 0.6 is 0 Å². The average Bonchev–Trinajstić information content (AvgIpc) is 3.08. The Labute approximate surface area is 155 Å². The van der Waals surface area contributed by atoms with Gasteiger partial charge in [0.25, 0.3) is 0 Å². The fourth-order valence-corrected chi connectivity index (χ4v) is 3.44. The molecule has 0 saturated carbocycles. The van der Waals surface area contributed by atoms with Crippen LogP contribution in [-0.2, 0) is 17.8 Å². The van der Waals surface area contributed by atoms with Crippen LogP contribution in [0.15, 0.2) is 30.5 Å². The lowest BCUT2D eigenvalue weighted by Crippen LogP contribution is -2.37. The van der Waals surface area contributed by atoms with E-state index in [2.05, 4.69) is 54.0 Å². The average molecular weight is 353 g/mol. The number of aromatic nitrogens is 2. The molecule has 0 unspecified atom stereocenters. The first-order valence-corrected chi connectivity index (χ1v) is 9.04. The van der Waals surface area contributed by atoms with Gasteiger partial charge in [-0.15, -0.1) is 0 Å². The summed E-state index contributed by atoms with van der Waals surface area (Å²) in [6.07, 6.45) is 3.12. The number of likely N-dealkylation sites (tertiary alicyclic amines) is 1. The fourth-order valence-electron chi connectivity index (χ4n) is 3.44. The van der Waals surface area contributed by atoms with Crippen molar-refractivity contribution >= 4 is 11.7 Å². The Morgan fingerprint density at radius 2 is 2.15 bits per heavy atom. The van der Waals surface area contributed by atoms with E-state index in [0.29, 0.717) is 30.6 Å². The number of nitrogen functional groups attached to an aromatic ring is 1. The molecule has 2 heterocycles. The number of carbonyl (C=O) groups is 1. The number of hydrogen-bond acceptors (Lipinski definition) is 5. The molecule has 1 saturated heterocycles. The quantitative estimate of drug-likeness (QED) is 0.889. The van der Waals surface area contributed by atoms with E-state index in [-0.39, 0.29) is 5.91 Å². The third-order valence-electron chi connectivity index (χ3n) is 5.10. The second-order valence-corrected chi connectivity index (χ2v) is 7.20. The van der Waals surface area contributed by atoms with Gasteiger partial charge in [-0.25, -0.2) is 9.97 Å². The molecule has 2 aromatic rings. The maximum absolute atomic E-state index is 12.7. The van der Waals surface area contributed by atoms with E-state index in [1.54, 1.807) is 12.3 Å². The summed E-state index contributed by atoms with van der Waals surface area (Å²) in [5.74, 6) is 1.41. The summed E-state index contributed by atoms with van der Waals surface area (Å²) in [4.78, 5) is 25.4. The van der Waals surface area contributed by atoms with E-state index in [1.807, 2.05) is 4.90 Å². The molecule has 0 bridgehead atoms. The molecule has 26 heavy (non-hydrogen) atoms. The normalized spacial score (nSPS) is 17.1. The van der Waals surface area contributed by atoms with Crippen molar-refractivity contribution in [1.82, 2.24) is 19.8 Å². The van der Waals surface area contributed by atoms with Gasteiger partial charge in [0.2, 0.25) is 5.91 Å². The van der Waals surface area contributed by atoms with Gasteiger partial charge < -0.3 is 10.6 Å². The summed E-state index contributed by atoms with van der Waals surface area (Å²) in [6, 6.07) is 8.30. The first-order chi connectivity index (χ1) is 12.4. The highest BCUT2D eigenvalue weighted by atomic mass is 16.2. The number of carbonyl (C=O) groups excluding carboxylic acids is 1. The third-order valence-corrected chi connectivity index (χ3v) is 5.10. The maximum atomic E-state index is 12.7. The van der Waals surface area contributed by atoms with Crippen molar-refractivity contribution < 1.29 is 4.79 Å². The van der Waals surface area contributed by atoms with Crippen LogP contribution < -0.4 is 5.73 Å². The Kier molecular flexibility index (Phi) is 5.52. The van der Waals surface area contributed by atoms with Gasteiger partial charge in [-0.3, -0.25) is 9.69 Å². The van der Waals surface area contributed by atoms with Gasteiger partial charge in [-0.1, -0.05) is 23.8 Å². The minimum absolute atomic E-state index is 0.204. The third kappa shape index (κ3) is 4.38. The molecule has 0 aliphatic carbocycles. The second-order valence-electron chi connectivity index (χ2n) is 7.20. The number of hydrogen-bond donors (Lipinski definition) is 1. The molecule has 1 aliphatic rings. The summed E-state index contributed by atoms with van der Waals surface area (Å²) in [6.45, 7) is 6.31. The number of amides is 1. The molecule has 3 rings (SSSR count). The number of nitrogens with two attached hydrogens (primary N) is 1. The molecule has 1 aliphatic heterocycles. The van der Waals surface area contributed by atoms with Crippen LogP contribution in [0.1, 0.15) is 28.9 Å². The summed E-state index contributed by atoms with van der Waals surface area (Å²) in [5, 5.41) is 0. The first-order valence-electron chi connectivity index (χ1n) is 9.04. The van der Waals surface area contributed by atoms with Crippen LogP contribution in [0.4, 0.5) is 5.82 Å². The maximum Gasteiger partial charge on any atom is 0.227 e. The Bertz CT molecular complexity index is 792.